The Morgan fingerprint density at radius 3 is 1.79 bits per heavy atom. The van der Waals surface area contributed by atoms with E-state index in [0.717, 1.165) is 25.7 Å². The fourth-order valence-electron chi connectivity index (χ4n) is 2.45. The normalized spacial score (nSPS) is 14.5. The summed E-state index contributed by atoms with van der Waals surface area (Å²) in [6.45, 7) is 4.37. The fraction of sp³-hybridized carbons (Fsp3) is 1.00. The molecule has 0 aromatic heterocycles. The number of hydrogen-bond donors (Lipinski definition) is 2. The van der Waals surface area contributed by atoms with E-state index in [1.165, 1.54) is 57.8 Å². The van der Waals surface area contributed by atoms with Crippen LogP contribution in [0.15, 0.2) is 0 Å². The molecule has 0 heterocycles. The molecule has 0 aromatic rings. The predicted octanol–water partition coefficient (Wildman–Crippen LogP) is 4.79. The third-order valence-electron chi connectivity index (χ3n) is 4.04. The van der Waals surface area contributed by atoms with Crippen LogP contribution in [0.5, 0.6) is 0 Å². The smallest absolute Gasteiger partial charge is 0.0540 e. The van der Waals surface area contributed by atoms with Gasteiger partial charge >= 0.3 is 0 Å². The Labute approximate surface area is 121 Å². The SMILES string of the molecule is CCCCCCCCCCCC(O)CCC(N)CC. The van der Waals surface area contributed by atoms with Crippen molar-refractivity contribution in [2.24, 2.45) is 5.73 Å². The largest absolute Gasteiger partial charge is 0.393 e. The number of hydrogen-bond acceptors (Lipinski definition) is 2. The van der Waals surface area contributed by atoms with Gasteiger partial charge in [-0.05, 0) is 25.7 Å². The van der Waals surface area contributed by atoms with E-state index >= 15 is 0 Å². The van der Waals surface area contributed by atoms with Crippen molar-refractivity contribution in [1.82, 2.24) is 0 Å². The van der Waals surface area contributed by atoms with Crippen LogP contribution in [0.3, 0.4) is 0 Å². The van der Waals surface area contributed by atoms with Crippen LogP contribution < -0.4 is 5.73 Å². The highest BCUT2D eigenvalue weighted by molar-refractivity contribution is 4.63. The lowest BCUT2D eigenvalue weighted by atomic mass is 10.0. The molecule has 2 heteroatoms. The maximum absolute atomic E-state index is 9.84. The third-order valence-corrected chi connectivity index (χ3v) is 4.04. The monoisotopic (exact) mass is 271 g/mol. The molecule has 0 aliphatic heterocycles. The first-order valence-corrected chi connectivity index (χ1v) is 8.64. The van der Waals surface area contributed by atoms with Gasteiger partial charge in [0.1, 0.15) is 0 Å². The van der Waals surface area contributed by atoms with Gasteiger partial charge < -0.3 is 10.8 Å². The van der Waals surface area contributed by atoms with E-state index in [2.05, 4.69) is 13.8 Å². The highest BCUT2D eigenvalue weighted by Gasteiger charge is 2.06. The van der Waals surface area contributed by atoms with Gasteiger partial charge in [0.15, 0.2) is 0 Å². The molecule has 2 atom stereocenters. The summed E-state index contributed by atoms with van der Waals surface area (Å²) in [7, 11) is 0. The number of unbranched alkanes of at least 4 members (excludes halogenated alkanes) is 8. The topological polar surface area (TPSA) is 46.2 Å². The standard InChI is InChI=1S/C17H37NO/c1-3-5-6-7-8-9-10-11-12-13-17(19)15-14-16(18)4-2/h16-17,19H,3-15,18H2,1-2H3. The van der Waals surface area contributed by atoms with Crippen molar-refractivity contribution >= 4 is 0 Å². The van der Waals surface area contributed by atoms with Crippen LogP contribution in [0.1, 0.15) is 97.3 Å². The van der Waals surface area contributed by atoms with E-state index in [9.17, 15) is 5.11 Å². The fourth-order valence-corrected chi connectivity index (χ4v) is 2.45. The highest BCUT2D eigenvalue weighted by Crippen LogP contribution is 2.13. The lowest BCUT2D eigenvalue weighted by Gasteiger charge is -2.13. The summed E-state index contributed by atoms with van der Waals surface area (Å²) in [5.41, 5.74) is 5.85. The summed E-state index contributed by atoms with van der Waals surface area (Å²) in [6, 6.07) is 0.276. The van der Waals surface area contributed by atoms with E-state index in [-0.39, 0.29) is 12.1 Å². The van der Waals surface area contributed by atoms with Crippen molar-refractivity contribution in [1.29, 1.82) is 0 Å². The Kier molecular flexibility index (Phi) is 14.3. The summed E-state index contributed by atoms with van der Waals surface area (Å²) < 4.78 is 0. The van der Waals surface area contributed by atoms with E-state index < -0.39 is 0 Å². The zero-order valence-electron chi connectivity index (χ0n) is 13.4. The van der Waals surface area contributed by atoms with Crippen molar-refractivity contribution in [2.75, 3.05) is 0 Å². The summed E-state index contributed by atoms with van der Waals surface area (Å²) in [4.78, 5) is 0. The number of rotatable bonds is 14. The molecule has 2 unspecified atom stereocenters. The Hall–Kier alpha value is -0.0800. The summed E-state index contributed by atoms with van der Waals surface area (Å²) in [5, 5.41) is 9.84. The molecule has 3 N–H and O–H groups in total. The Morgan fingerprint density at radius 2 is 1.26 bits per heavy atom. The first kappa shape index (κ1) is 18.9. The first-order chi connectivity index (χ1) is 9.20. The zero-order valence-corrected chi connectivity index (χ0v) is 13.4. The second kappa shape index (κ2) is 14.3. The Morgan fingerprint density at radius 1 is 0.737 bits per heavy atom. The molecule has 0 saturated heterocycles. The molecule has 0 fully saturated rings. The molecule has 0 radical (unpaired) electrons. The zero-order chi connectivity index (χ0) is 14.3. The molecule has 2 nitrogen and oxygen atoms in total. The molecule has 0 bridgehead atoms. The van der Waals surface area contributed by atoms with Gasteiger partial charge in [-0.3, -0.25) is 0 Å². The maximum Gasteiger partial charge on any atom is 0.0540 e. The van der Waals surface area contributed by atoms with Gasteiger partial charge in [-0.1, -0.05) is 71.6 Å². The first-order valence-electron chi connectivity index (χ1n) is 8.64. The second-order valence-corrected chi connectivity index (χ2v) is 6.02. The molecule has 0 amide bonds. The Bertz CT molecular complexity index is 173. The van der Waals surface area contributed by atoms with Gasteiger partial charge in [-0.15, -0.1) is 0 Å². The van der Waals surface area contributed by atoms with Crippen LogP contribution >= 0.6 is 0 Å². The van der Waals surface area contributed by atoms with Crippen molar-refractivity contribution in [2.45, 2.75) is 109 Å². The van der Waals surface area contributed by atoms with Crippen LogP contribution in [0, 0.1) is 0 Å². The van der Waals surface area contributed by atoms with E-state index in [4.69, 9.17) is 5.73 Å². The molecular weight excluding hydrogens is 234 g/mol. The minimum Gasteiger partial charge on any atom is -0.393 e. The molecule has 19 heavy (non-hydrogen) atoms. The summed E-state index contributed by atoms with van der Waals surface area (Å²) in [5.74, 6) is 0. The average molecular weight is 271 g/mol. The third kappa shape index (κ3) is 14.1. The minimum absolute atomic E-state index is 0.123. The molecule has 0 aliphatic rings. The summed E-state index contributed by atoms with van der Waals surface area (Å²) >= 11 is 0. The van der Waals surface area contributed by atoms with E-state index in [0.29, 0.717) is 0 Å². The van der Waals surface area contributed by atoms with Crippen molar-refractivity contribution < 1.29 is 5.11 Å². The van der Waals surface area contributed by atoms with Crippen LogP contribution in [0.25, 0.3) is 0 Å². The Balaban J connectivity index is 3.16. The van der Waals surface area contributed by atoms with Gasteiger partial charge in [0.05, 0.1) is 6.10 Å². The van der Waals surface area contributed by atoms with Gasteiger partial charge in [0, 0.05) is 6.04 Å². The average Bonchev–Trinajstić information content (AvgIpc) is 2.42. The van der Waals surface area contributed by atoms with E-state index in [1.54, 1.807) is 0 Å². The van der Waals surface area contributed by atoms with Crippen molar-refractivity contribution in [3.05, 3.63) is 0 Å². The maximum atomic E-state index is 9.84. The molecule has 0 aliphatic carbocycles. The van der Waals surface area contributed by atoms with Gasteiger partial charge in [0.25, 0.3) is 0 Å². The predicted molar refractivity (Wildman–Crippen MR) is 85.4 cm³/mol. The molecular formula is C17H37NO. The molecule has 116 valence electrons. The van der Waals surface area contributed by atoms with Crippen LogP contribution in [-0.4, -0.2) is 17.3 Å². The molecule has 0 spiro atoms. The molecule has 0 rings (SSSR count). The van der Waals surface area contributed by atoms with Crippen LogP contribution in [0.2, 0.25) is 0 Å². The lowest BCUT2D eigenvalue weighted by molar-refractivity contribution is 0.145. The quantitative estimate of drug-likeness (QED) is 0.446. The minimum atomic E-state index is -0.123. The van der Waals surface area contributed by atoms with Gasteiger partial charge in [-0.25, -0.2) is 0 Å². The van der Waals surface area contributed by atoms with Crippen molar-refractivity contribution in [3.8, 4) is 0 Å². The highest BCUT2D eigenvalue weighted by atomic mass is 16.3. The lowest BCUT2D eigenvalue weighted by Crippen LogP contribution is -2.21. The second-order valence-electron chi connectivity index (χ2n) is 6.02. The van der Waals surface area contributed by atoms with Crippen molar-refractivity contribution in [3.63, 3.8) is 0 Å². The number of nitrogens with two attached hydrogens (primary N) is 1. The number of aliphatic hydroxyl groups excluding tert-OH is 1. The molecule has 0 saturated carbocycles. The van der Waals surface area contributed by atoms with Gasteiger partial charge in [-0.2, -0.15) is 0 Å². The van der Waals surface area contributed by atoms with Gasteiger partial charge in [0.2, 0.25) is 0 Å². The molecule has 0 aromatic carbocycles. The van der Waals surface area contributed by atoms with Crippen LogP contribution in [0.4, 0.5) is 0 Å². The van der Waals surface area contributed by atoms with Crippen LogP contribution in [-0.2, 0) is 0 Å². The number of aliphatic hydroxyl groups is 1. The van der Waals surface area contributed by atoms with E-state index in [1.807, 2.05) is 0 Å². The summed E-state index contributed by atoms with van der Waals surface area (Å²) in [6.07, 6.45) is 15.8.